The molecule has 1 saturated carbocycles. The monoisotopic (exact) mass is 429 g/mol. The molecule has 1 heterocycles. The smallest absolute Gasteiger partial charge is 0.244 e. The number of rotatable bonds is 7. The second kappa shape index (κ2) is 10.5. The molecule has 2 aromatic rings. The van der Waals surface area contributed by atoms with Gasteiger partial charge in [-0.3, -0.25) is 9.69 Å². The number of carbonyl (C=O) groups excluding carboxylic acids is 1. The van der Waals surface area contributed by atoms with E-state index in [1.807, 2.05) is 42.5 Å². The summed E-state index contributed by atoms with van der Waals surface area (Å²) in [4.78, 5) is 14.8. The Morgan fingerprint density at radius 1 is 1.16 bits per heavy atom. The molecule has 1 aliphatic heterocycles. The van der Waals surface area contributed by atoms with Crippen LogP contribution in [0.3, 0.4) is 0 Å². The van der Waals surface area contributed by atoms with Crippen molar-refractivity contribution < 1.29 is 9.53 Å². The van der Waals surface area contributed by atoms with Crippen LogP contribution >= 0.6 is 0 Å². The Morgan fingerprint density at radius 3 is 2.75 bits per heavy atom. The van der Waals surface area contributed by atoms with E-state index in [1.54, 1.807) is 13.2 Å². The molecule has 2 aromatic carbocycles. The van der Waals surface area contributed by atoms with Crippen LogP contribution in [-0.2, 0) is 17.9 Å². The molecule has 1 amide bonds. The fourth-order valence-corrected chi connectivity index (χ4v) is 4.82. The Morgan fingerprint density at radius 2 is 1.97 bits per heavy atom. The van der Waals surface area contributed by atoms with Gasteiger partial charge < -0.3 is 10.1 Å². The highest BCUT2D eigenvalue weighted by Crippen LogP contribution is 2.29. The van der Waals surface area contributed by atoms with Gasteiger partial charge in [0.15, 0.2) is 0 Å². The number of fused-ring (bicyclic) bond motifs is 1. The van der Waals surface area contributed by atoms with Gasteiger partial charge in [0.25, 0.3) is 0 Å². The van der Waals surface area contributed by atoms with Gasteiger partial charge in [-0.05, 0) is 91.6 Å². The summed E-state index contributed by atoms with van der Waals surface area (Å²) in [5, 5.41) is 12.3. The van der Waals surface area contributed by atoms with E-state index < -0.39 is 0 Å². The van der Waals surface area contributed by atoms with Crippen molar-refractivity contribution >= 4 is 12.0 Å². The van der Waals surface area contributed by atoms with Crippen LogP contribution in [0.4, 0.5) is 0 Å². The van der Waals surface area contributed by atoms with E-state index in [4.69, 9.17) is 10.00 Å². The van der Waals surface area contributed by atoms with Gasteiger partial charge in [0.1, 0.15) is 5.75 Å². The van der Waals surface area contributed by atoms with Gasteiger partial charge in [-0.15, -0.1) is 0 Å². The van der Waals surface area contributed by atoms with Gasteiger partial charge in [0, 0.05) is 25.2 Å². The molecule has 0 radical (unpaired) electrons. The number of nitriles is 1. The van der Waals surface area contributed by atoms with Crippen LogP contribution < -0.4 is 10.1 Å². The van der Waals surface area contributed by atoms with E-state index in [-0.39, 0.29) is 11.9 Å². The van der Waals surface area contributed by atoms with E-state index in [9.17, 15) is 4.79 Å². The largest absolute Gasteiger partial charge is 0.497 e. The third-order valence-corrected chi connectivity index (χ3v) is 6.69. The average Bonchev–Trinajstić information content (AvgIpc) is 3.24. The molecule has 0 aromatic heterocycles. The quantitative estimate of drug-likeness (QED) is 0.650. The molecule has 5 heteroatoms. The van der Waals surface area contributed by atoms with E-state index >= 15 is 0 Å². The summed E-state index contributed by atoms with van der Waals surface area (Å²) in [6.45, 7) is 3.05. The fourth-order valence-electron chi connectivity index (χ4n) is 4.82. The molecule has 1 N–H and O–H groups in total. The Balaban J connectivity index is 1.16. The number of hydrogen-bond donors (Lipinski definition) is 1. The van der Waals surface area contributed by atoms with Gasteiger partial charge in [-0.2, -0.15) is 5.26 Å². The summed E-state index contributed by atoms with van der Waals surface area (Å²) in [5.41, 5.74) is 4.37. The van der Waals surface area contributed by atoms with Gasteiger partial charge in [-0.1, -0.05) is 18.2 Å². The topological polar surface area (TPSA) is 65.4 Å². The molecule has 166 valence electrons. The molecule has 0 saturated heterocycles. The third-order valence-electron chi connectivity index (χ3n) is 6.69. The molecule has 2 aliphatic rings. The standard InChI is InChI=1S/C27H31N3O2/c1-32-26-4-2-3-21(16-26)8-12-27(31)29-25-10-6-20(7-11-25)13-14-30-18-23-9-5-22(17-28)15-24(23)19-30/h2-5,8-9,12,15-16,20,25H,6-7,10-11,13-14,18-19H2,1H3,(H,29,31)/b12-8+. The summed E-state index contributed by atoms with van der Waals surface area (Å²) in [6.07, 6.45) is 9.09. The van der Waals surface area contributed by atoms with Crippen molar-refractivity contribution in [2.75, 3.05) is 13.7 Å². The number of nitrogens with one attached hydrogen (secondary N) is 1. The zero-order chi connectivity index (χ0) is 22.3. The minimum Gasteiger partial charge on any atom is -0.497 e. The van der Waals surface area contributed by atoms with E-state index in [0.29, 0.717) is 0 Å². The maximum atomic E-state index is 12.3. The molecule has 4 rings (SSSR count). The number of ether oxygens (including phenoxy) is 1. The zero-order valence-corrected chi connectivity index (χ0v) is 18.7. The van der Waals surface area contributed by atoms with E-state index in [0.717, 1.165) is 55.3 Å². The van der Waals surface area contributed by atoms with Crippen molar-refractivity contribution in [1.82, 2.24) is 10.2 Å². The first-order valence-corrected chi connectivity index (χ1v) is 11.5. The van der Waals surface area contributed by atoms with Crippen molar-refractivity contribution in [2.45, 2.75) is 51.2 Å². The summed E-state index contributed by atoms with van der Waals surface area (Å²) in [7, 11) is 1.64. The van der Waals surface area contributed by atoms with Crippen molar-refractivity contribution in [2.24, 2.45) is 5.92 Å². The van der Waals surface area contributed by atoms with E-state index in [2.05, 4.69) is 22.4 Å². The highest BCUT2D eigenvalue weighted by Gasteiger charge is 2.24. The van der Waals surface area contributed by atoms with Crippen LogP contribution in [0, 0.1) is 17.2 Å². The number of methoxy groups -OCH3 is 1. The third kappa shape index (κ3) is 5.77. The lowest BCUT2D eigenvalue weighted by atomic mass is 9.84. The maximum absolute atomic E-state index is 12.3. The Bertz CT molecular complexity index is 1020. The zero-order valence-electron chi connectivity index (χ0n) is 18.7. The average molecular weight is 430 g/mol. The van der Waals surface area contributed by atoms with Gasteiger partial charge >= 0.3 is 0 Å². The van der Waals surface area contributed by atoms with Crippen molar-refractivity contribution in [1.29, 1.82) is 5.26 Å². The first kappa shape index (κ1) is 22.1. The SMILES string of the molecule is COc1cccc(/C=C/C(=O)NC2CCC(CCN3Cc4ccc(C#N)cc4C3)CC2)c1. The van der Waals surface area contributed by atoms with E-state index in [1.165, 1.54) is 30.4 Å². The lowest BCUT2D eigenvalue weighted by Crippen LogP contribution is -2.37. The van der Waals surface area contributed by atoms with Crippen LogP contribution in [0.1, 0.15) is 54.4 Å². The van der Waals surface area contributed by atoms with Crippen molar-refractivity contribution in [3.05, 3.63) is 70.8 Å². The van der Waals surface area contributed by atoms with Gasteiger partial charge in [-0.25, -0.2) is 0 Å². The second-order valence-corrected chi connectivity index (χ2v) is 8.93. The van der Waals surface area contributed by atoms with Crippen LogP contribution in [0.15, 0.2) is 48.5 Å². The lowest BCUT2D eigenvalue weighted by Gasteiger charge is -2.30. The second-order valence-electron chi connectivity index (χ2n) is 8.93. The normalized spacial score (nSPS) is 20.6. The summed E-state index contributed by atoms with van der Waals surface area (Å²) in [5.74, 6) is 1.49. The van der Waals surface area contributed by atoms with Crippen molar-refractivity contribution in [3.8, 4) is 11.8 Å². The lowest BCUT2D eigenvalue weighted by molar-refractivity contribution is -0.117. The minimum atomic E-state index is -0.0251. The Kier molecular flexibility index (Phi) is 7.24. The first-order valence-electron chi connectivity index (χ1n) is 11.5. The highest BCUT2D eigenvalue weighted by molar-refractivity contribution is 5.91. The fraction of sp³-hybridized carbons (Fsp3) is 0.407. The predicted octanol–water partition coefficient (Wildman–Crippen LogP) is 4.66. The molecule has 0 spiro atoms. The number of benzene rings is 2. The molecule has 0 bridgehead atoms. The Hall–Kier alpha value is -3.10. The molecule has 1 fully saturated rings. The molecule has 32 heavy (non-hydrogen) atoms. The van der Waals surface area contributed by atoms with Crippen LogP contribution in [0.5, 0.6) is 5.75 Å². The molecule has 0 unspecified atom stereocenters. The van der Waals surface area contributed by atoms with Crippen LogP contribution in [0.25, 0.3) is 6.08 Å². The summed E-state index contributed by atoms with van der Waals surface area (Å²) in [6, 6.07) is 16.2. The predicted molar refractivity (Wildman–Crippen MR) is 126 cm³/mol. The van der Waals surface area contributed by atoms with Crippen LogP contribution in [-0.4, -0.2) is 30.5 Å². The van der Waals surface area contributed by atoms with Crippen molar-refractivity contribution in [3.63, 3.8) is 0 Å². The Labute approximate surface area is 190 Å². The molecular weight excluding hydrogens is 398 g/mol. The highest BCUT2D eigenvalue weighted by atomic mass is 16.5. The number of amides is 1. The van der Waals surface area contributed by atoms with Crippen LogP contribution in [0.2, 0.25) is 0 Å². The first-order chi connectivity index (χ1) is 15.6. The van der Waals surface area contributed by atoms with Gasteiger partial charge in [0.05, 0.1) is 18.7 Å². The summed E-state index contributed by atoms with van der Waals surface area (Å²) < 4.78 is 5.22. The molecule has 5 nitrogen and oxygen atoms in total. The molecular formula is C27H31N3O2. The number of hydrogen-bond acceptors (Lipinski definition) is 4. The summed E-state index contributed by atoms with van der Waals surface area (Å²) >= 11 is 0. The molecule has 1 aliphatic carbocycles. The van der Waals surface area contributed by atoms with Gasteiger partial charge in [0.2, 0.25) is 5.91 Å². The molecule has 0 atom stereocenters. The number of carbonyl (C=O) groups is 1. The maximum Gasteiger partial charge on any atom is 0.244 e. The number of nitrogens with zero attached hydrogens (tertiary/aromatic N) is 2. The minimum absolute atomic E-state index is 0.0251.